The second-order valence-corrected chi connectivity index (χ2v) is 6.20. The highest BCUT2D eigenvalue weighted by molar-refractivity contribution is 8.20. The van der Waals surface area contributed by atoms with Crippen LogP contribution in [0.3, 0.4) is 0 Å². The van der Waals surface area contributed by atoms with E-state index in [0.29, 0.717) is 12.3 Å². The average molecular weight is 272 g/mol. The van der Waals surface area contributed by atoms with Crippen molar-refractivity contribution in [1.82, 2.24) is 0 Å². The van der Waals surface area contributed by atoms with Crippen LogP contribution in [-0.4, -0.2) is 31.0 Å². The topological polar surface area (TPSA) is 87.0 Å². The van der Waals surface area contributed by atoms with Crippen LogP contribution in [-0.2, 0) is 9.53 Å². The van der Waals surface area contributed by atoms with Crippen LogP contribution in [0.5, 0.6) is 0 Å². The fourth-order valence-electron chi connectivity index (χ4n) is 2.65. The number of ether oxygens (including phenoxy) is 1. The molecule has 3 atom stereocenters. The van der Waals surface area contributed by atoms with Crippen molar-refractivity contribution in [2.45, 2.75) is 37.0 Å². The summed E-state index contributed by atoms with van der Waals surface area (Å²) in [4.78, 5) is 11.1. The smallest absolute Gasteiger partial charge is 0.436 e. The van der Waals surface area contributed by atoms with E-state index in [9.17, 15) is 13.6 Å². The van der Waals surface area contributed by atoms with Crippen LogP contribution in [0.4, 0.5) is 8.78 Å². The molecule has 0 heterocycles. The van der Waals surface area contributed by atoms with Crippen LogP contribution in [0.25, 0.3) is 0 Å². The van der Waals surface area contributed by atoms with Gasteiger partial charge in [0.25, 0.3) is 0 Å². The van der Waals surface area contributed by atoms with E-state index in [1.807, 2.05) is 0 Å². The summed E-state index contributed by atoms with van der Waals surface area (Å²) in [6.45, 7) is 0. The van der Waals surface area contributed by atoms with E-state index in [1.165, 1.54) is 0 Å². The number of halogens is 2. The Balaban J connectivity index is 1.98. The standard InChI is InChI=1S/C9H14F2O5S/c10-9(11,17(13,14)15)8(12)16-7-4-5-1-2-6(7)3-5/h5-7,13-15H,1-4H2. The van der Waals surface area contributed by atoms with Crippen LogP contribution in [0, 0.1) is 11.8 Å². The maximum atomic E-state index is 13.0. The summed E-state index contributed by atoms with van der Waals surface area (Å²) in [7, 11) is -5.26. The molecule has 0 saturated heterocycles. The molecular weight excluding hydrogens is 258 g/mol. The summed E-state index contributed by atoms with van der Waals surface area (Å²) in [5, 5.41) is -4.66. The van der Waals surface area contributed by atoms with Gasteiger partial charge < -0.3 is 18.4 Å². The molecule has 2 aliphatic rings. The quantitative estimate of drug-likeness (QED) is 0.687. The molecule has 2 bridgehead atoms. The first kappa shape index (κ1) is 13.0. The first-order chi connectivity index (χ1) is 7.72. The highest BCUT2D eigenvalue weighted by Crippen LogP contribution is 2.53. The third-order valence-corrected chi connectivity index (χ3v) is 4.37. The molecule has 5 nitrogen and oxygen atoms in total. The van der Waals surface area contributed by atoms with E-state index in [-0.39, 0.29) is 5.92 Å². The van der Waals surface area contributed by atoms with Crippen LogP contribution >= 0.6 is 10.9 Å². The molecule has 3 N–H and O–H groups in total. The zero-order chi connectivity index (χ0) is 12.8. The maximum Gasteiger partial charge on any atom is 0.436 e. The van der Waals surface area contributed by atoms with Crippen molar-refractivity contribution in [3.05, 3.63) is 0 Å². The van der Waals surface area contributed by atoms with Gasteiger partial charge in [-0.1, -0.05) is 0 Å². The largest absolute Gasteiger partial charge is 0.457 e. The molecule has 2 rings (SSSR count). The number of hydrogen-bond donors (Lipinski definition) is 3. The highest BCUT2D eigenvalue weighted by Gasteiger charge is 2.57. The van der Waals surface area contributed by atoms with E-state index in [0.717, 1.165) is 19.3 Å². The van der Waals surface area contributed by atoms with Crippen molar-refractivity contribution in [2.24, 2.45) is 11.8 Å². The van der Waals surface area contributed by atoms with Crippen molar-refractivity contribution in [2.75, 3.05) is 0 Å². The van der Waals surface area contributed by atoms with E-state index >= 15 is 0 Å². The number of carbonyl (C=O) groups is 1. The molecule has 0 spiro atoms. The van der Waals surface area contributed by atoms with E-state index in [2.05, 4.69) is 4.74 Å². The highest BCUT2D eigenvalue weighted by atomic mass is 32.3. The Kier molecular flexibility index (Phi) is 3.09. The molecule has 0 aromatic carbocycles. The monoisotopic (exact) mass is 272 g/mol. The van der Waals surface area contributed by atoms with Gasteiger partial charge in [-0.25, -0.2) is 4.79 Å². The van der Waals surface area contributed by atoms with E-state index in [1.54, 1.807) is 0 Å². The number of fused-ring (bicyclic) bond motifs is 2. The van der Waals surface area contributed by atoms with E-state index < -0.39 is 28.2 Å². The van der Waals surface area contributed by atoms with Gasteiger partial charge in [-0.15, -0.1) is 0 Å². The van der Waals surface area contributed by atoms with Crippen molar-refractivity contribution in [1.29, 1.82) is 0 Å². The minimum Gasteiger partial charge on any atom is -0.457 e. The molecule has 2 fully saturated rings. The minimum atomic E-state index is -5.26. The summed E-state index contributed by atoms with van der Waals surface area (Å²) in [6, 6.07) is 0. The second-order valence-electron chi connectivity index (χ2n) is 4.65. The Labute approximate surface area is 98.3 Å². The Bertz CT molecular complexity index is 330. The summed E-state index contributed by atoms with van der Waals surface area (Å²) >= 11 is 0. The fourth-order valence-corrected chi connectivity index (χ4v) is 2.92. The van der Waals surface area contributed by atoms with Gasteiger partial charge in [0.1, 0.15) is 6.10 Å². The third-order valence-electron chi connectivity index (χ3n) is 3.51. The molecule has 0 aromatic rings. The number of alkyl halides is 2. The summed E-state index contributed by atoms with van der Waals surface area (Å²) in [5.41, 5.74) is 0. The molecule has 2 saturated carbocycles. The molecule has 0 aromatic heterocycles. The fraction of sp³-hybridized carbons (Fsp3) is 0.889. The average Bonchev–Trinajstić information content (AvgIpc) is 2.76. The predicted molar refractivity (Wildman–Crippen MR) is 55.8 cm³/mol. The van der Waals surface area contributed by atoms with Gasteiger partial charge in [-0.3, -0.25) is 0 Å². The van der Waals surface area contributed by atoms with Gasteiger partial charge in [0.15, 0.2) is 10.9 Å². The van der Waals surface area contributed by atoms with E-state index in [4.69, 9.17) is 13.7 Å². The number of hydrogen-bond acceptors (Lipinski definition) is 5. The van der Waals surface area contributed by atoms with Crippen molar-refractivity contribution in [3.63, 3.8) is 0 Å². The molecule has 0 radical (unpaired) electrons. The summed E-state index contributed by atoms with van der Waals surface area (Å²) < 4.78 is 56.0. The number of esters is 1. The summed E-state index contributed by atoms with van der Waals surface area (Å²) in [5.74, 6) is -1.57. The Morgan fingerprint density at radius 3 is 2.29 bits per heavy atom. The zero-order valence-electron chi connectivity index (χ0n) is 8.88. The molecule has 17 heavy (non-hydrogen) atoms. The predicted octanol–water partition coefficient (Wildman–Crippen LogP) is 2.53. The number of rotatable bonds is 3. The van der Waals surface area contributed by atoms with Crippen LogP contribution < -0.4 is 0 Å². The molecular formula is C9H14F2O5S. The molecule has 0 aliphatic heterocycles. The Morgan fingerprint density at radius 1 is 1.24 bits per heavy atom. The molecule has 2 aliphatic carbocycles. The minimum absolute atomic E-state index is 0.0835. The van der Waals surface area contributed by atoms with Gasteiger partial charge in [0.2, 0.25) is 0 Å². The zero-order valence-corrected chi connectivity index (χ0v) is 9.70. The van der Waals surface area contributed by atoms with Gasteiger partial charge in [0.05, 0.1) is 0 Å². The van der Waals surface area contributed by atoms with Crippen molar-refractivity contribution in [3.8, 4) is 0 Å². The molecule has 100 valence electrons. The van der Waals surface area contributed by atoms with Crippen molar-refractivity contribution < 1.29 is 32.0 Å². The maximum absolute atomic E-state index is 13.0. The van der Waals surface area contributed by atoms with Crippen LogP contribution in [0.2, 0.25) is 0 Å². The Hall–Kier alpha value is -0.440. The number of carbonyl (C=O) groups excluding carboxylic acids is 1. The third kappa shape index (κ3) is 2.26. The molecule has 8 heteroatoms. The lowest BCUT2D eigenvalue weighted by Gasteiger charge is -2.29. The Morgan fingerprint density at radius 2 is 1.88 bits per heavy atom. The first-order valence-corrected chi connectivity index (χ1v) is 6.81. The molecule has 0 amide bonds. The lowest BCUT2D eigenvalue weighted by Crippen LogP contribution is -2.39. The molecule has 3 unspecified atom stereocenters. The van der Waals surface area contributed by atoms with Gasteiger partial charge in [-0.2, -0.15) is 8.78 Å². The van der Waals surface area contributed by atoms with Gasteiger partial charge in [-0.05, 0) is 37.5 Å². The first-order valence-electron chi connectivity index (χ1n) is 5.31. The summed E-state index contributed by atoms with van der Waals surface area (Å²) in [6.07, 6.45) is 2.66. The van der Waals surface area contributed by atoms with Gasteiger partial charge in [0, 0.05) is 0 Å². The van der Waals surface area contributed by atoms with Crippen LogP contribution in [0.1, 0.15) is 25.7 Å². The van der Waals surface area contributed by atoms with Gasteiger partial charge >= 0.3 is 11.2 Å². The second kappa shape index (κ2) is 4.04. The SMILES string of the molecule is O=C(OC1CC2CCC1C2)C(F)(F)S(O)(O)O. The lowest BCUT2D eigenvalue weighted by atomic mass is 9.98. The van der Waals surface area contributed by atoms with Crippen molar-refractivity contribution >= 4 is 16.8 Å². The van der Waals surface area contributed by atoms with Crippen LogP contribution in [0.15, 0.2) is 0 Å². The lowest BCUT2D eigenvalue weighted by molar-refractivity contribution is -0.170. The normalized spacial score (nSPS) is 33.8.